The van der Waals surface area contributed by atoms with E-state index in [1.807, 2.05) is 0 Å². The smallest absolute Gasteiger partial charge is 0 e. The van der Waals surface area contributed by atoms with E-state index in [0.717, 1.165) is 0 Å². The van der Waals surface area contributed by atoms with Gasteiger partial charge in [0.25, 0.3) is 0 Å². The van der Waals surface area contributed by atoms with Crippen LogP contribution >= 0.6 is 0 Å². The van der Waals surface area contributed by atoms with Crippen molar-refractivity contribution in [2.45, 2.75) is 0 Å². The average molecular weight is 163 g/mol. The molecule has 6 heteroatoms. The Hall–Kier alpha value is 0.923. The van der Waals surface area contributed by atoms with Crippen LogP contribution in [0.2, 0.25) is 0 Å². The predicted molar refractivity (Wildman–Crippen MR) is 5.81 cm³/mol. The summed E-state index contributed by atoms with van der Waals surface area (Å²) in [5, 5.41) is 0. The Balaban J connectivity index is 0. The largest absolute Gasteiger partial charge is 0 e. The molecule has 0 aliphatic carbocycles. The Morgan fingerprint density at radius 2 is 1.17 bits per heavy atom. The number of rotatable bonds is 0. The fourth-order valence-corrected chi connectivity index (χ4v) is 0. The van der Waals surface area contributed by atoms with Crippen molar-refractivity contribution < 1.29 is 55.4 Å². The molecule has 0 amide bonds. The van der Waals surface area contributed by atoms with Gasteiger partial charge in [0, 0.05) is 25.8 Å². The van der Waals surface area contributed by atoms with Crippen molar-refractivity contribution in [3.8, 4) is 0 Å². The average Bonchev–Trinajstić information content (AvgIpc) is 0.722. The maximum atomic E-state index is 8.82. The molecule has 0 aliphatic rings. The SMILES string of the molecule is [O]=[Cr](=[O])([OH])[OH].[Sc]. The molecule has 0 unspecified atom stereocenters. The summed E-state index contributed by atoms with van der Waals surface area (Å²) in [6, 6.07) is 0. The van der Waals surface area contributed by atoms with Gasteiger partial charge in [-0.1, -0.05) is 0 Å². The quantitative estimate of drug-likeness (QED) is 0.462. The summed E-state index contributed by atoms with van der Waals surface area (Å²) in [4.78, 5) is 0. The Bertz CT molecular complexity index is 90.7. The molecule has 0 fully saturated rings. The van der Waals surface area contributed by atoms with E-state index >= 15 is 0 Å². The molecule has 0 aromatic carbocycles. The summed E-state index contributed by atoms with van der Waals surface area (Å²) < 4.78 is 31.9. The van der Waals surface area contributed by atoms with Gasteiger partial charge in [0.05, 0.1) is 0 Å². The second-order valence-corrected chi connectivity index (χ2v) is 1.85. The second kappa shape index (κ2) is 2.99. The van der Waals surface area contributed by atoms with Crippen LogP contribution in [0.15, 0.2) is 0 Å². The Kier molecular flexibility index (Phi) is 5.00. The fraction of sp³-hybridized carbons (Fsp3) is 0. The van der Waals surface area contributed by atoms with Gasteiger partial charge in [0.2, 0.25) is 0 Å². The van der Waals surface area contributed by atoms with Gasteiger partial charge < -0.3 is 0 Å². The van der Waals surface area contributed by atoms with Crippen molar-refractivity contribution in [3.05, 3.63) is 0 Å². The maximum absolute atomic E-state index is 8.82. The number of hydrogen-bond donors (Lipinski definition) is 2. The minimum atomic E-state index is -5.25. The predicted octanol–water partition coefficient (Wildman–Crippen LogP) is -1.36. The van der Waals surface area contributed by atoms with E-state index in [4.69, 9.17) is 15.9 Å². The summed E-state index contributed by atoms with van der Waals surface area (Å²) in [5.41, 5.74) is 0. The third-order valence-electron chi connectivity index (χ3n) is 0. The van der Waals surface area contributed by atoms with Gasteiger partial charge in [0.15, 0.2) is 0 Å². The topological polar surface area (TPSA) is 74.6 Å². The molecule has 0 saturated carbocycles. The minimum Gasteiger partial charge on any atom is 0 e. The van der Waals surface area contributed by atoms with Crippen molar-refractivity contribution in [1.82, 2.24) is 0 Å². The minimum absolute atomic E-state index is 0. The van der Waals surface area contributed by atoms with Crippen molar-refractivity contribution in [1.29, 1.82) is 0 Å². The first kappa shape index (κ1) is 10.0. The maximum Gasteiger partial charge on any atom is 0 e. The van der Waals surface area contributed by atoms with Crippen LogP contribution in [0.1, 0.15) is 0 Å². The molecule has 2 N–H and O–H groups in total. The van der Waals surface area contributed by atoms with Gasteiger partial charge in [0.1, 0.15) is 0 Å². The molecule has 0 aromatic heterocycles. The van der Waals surface area contributed by atoms with Crippen LogP contribution in [-0.4, -0.2) is 8.32 Å². The molecule has 0 saturated heterocycles. The van der Waals surface area contributed by atoms with Gasteiger partial charge in [-0.3, -0.25) is 0 Å². The fourth-order valence-electron chi connectivity index (χ4n) is 0. The van der Waals surface area contributed by atoms with Gasteiger partial charge in [-0.05, 0) is 0 Å². The van der Waals surface area contributed by atoms with E-state index in [2.05, 4.69) is 0 Å². The molecule has 0 aliphatic heterocycles. The van der Waals surface area contributed by atoms with Gasteiger partial charge in [-0.25, -0.2) is 0 Å². The zero-order valence-corrected chi connectivity index (χ0v) is 5.77. The third-order valence-corrected chi connectivity index (χ3v) is 0. The molecule has 0 aromatic rings. The summed E-state index contributed by atoms with van der Waals surface area (Å²) in [6.45, 7) is 0. The summed E-state index contributed by atoms with van der Waals surface area (Å²) in [7, 11) is 0. The van der Waals surface area contributed by atoms with E-state index in [1.165, 1.54) is 0 Å². The molecule has 6 heavy (non-hydrogen) atoms. The molecule has 0 heterocycles. The van der Waals surface area contributed by atoms with Crippen molar-refractivity contribution in [2.75, 3.05) is 0 Å². The van der Waals surface area contributed by atoms with Crippen LogP contribution in [0.3, 0.4) is 0 Å². The van der Waals surface area contributed by atoms with Gasteiger partial charge >= 0.3 is 29.5 Å². The molecule has 0 bridgehead atoms. The Morgan fingerprint density at radius 3 is 1.17 bits per heavy atom. The Morgan fingerprint density at radius 1 is 1.17 bits per heavy atom. The van der Waals surface area contributed by atoms with Gasteiger partial charge in [-0.15, -0.1) is 0 Å². The Labute approximate surface area is 55.3 Å². The van der Waals surface area contributed by atoms with Crippen LogP contribution < -0.4 is 0 Å². The molecular weight excluding hydrogens is 161 g/mol. The molecule has 4 nitrogen and oxygen atoms in total. The van der Waals surface area contributed by atoms with Crippen LogP contribution in [0.5, 0.6) is 0 Å². The van der Waals surface area contributed by atoms with E-state index in [1.54, 1.807) is 0 Å². The summed E-state index contributed by atoms with van der Waals surface area (Å²) >= 11 is -5.25. The summed E-state index contributed by atoms with van der Waals surface area (Å²) in [5.74, 6) is 0. The molecule has 1 radical (unpaired) electrons. The molecular formula is H2CrO4Sc. The van der Waals surface area contributed by atoms with E-state index < -0.39 is 13.6 Å². The second-order valence-electron chi connectivity index (χ2n) is 0.448. The molecule has 35 valence electrons. The zero-order valence-electron chi connectivity index (χ0n) is 2.70. The molecule has 0 atom stereocenters. The third kappa shape index (κ3) is 89.0. The summed E-state index contributed by atoms with van der Waals surface area (Å²) in [6.07, 6.45) is 0. The van der Waals surface area contributed by atoms with Crippen LogP contribution in [0.25, 0.3) is 0 Å². The first-order chi connectivity index (χ1) is 2.00. The zero-order chi connectivity index (χ0) is 4.50. The van der Waals surface area contributed by atoms with E-state index in [9.17, 15) is 0 Å². The molecule has 0 rings (SSSR count). The van der Waals surface area contributed by atoms with Gasteiger partial charge in [-0.2, -0.15) is 0 Å². The molecule has 0 spiro atoms. The van der Waals surface area contributed by atoms with Crippen molar-refractivity contribution in [3.63, 3.8) is 0 Å². The van der Waals surface area contributed by atoms with E-state index in [0.29, 0.717) is 0 Å². The standard InChI is InChI=1S/Cr.2H2O.2O.Sc/h;2*1H2;;;/q+2;;;;;/p-2. The van der Waals surface area contributed by atoms with Crippen LogP contribution in [-0.2, 0) is 47.1 Å². The van der Waals surface area contributed by atoms with Crippen molar-refractivity contribution >= 4 is 0 Å². The first-order valence-corrected chi connectivity index (χ1v) is 2.88. The van der Waals surface area contributed by atoms with Crippen molar-refractivity contribution in [2.24, 2.45) is 0 Å². The van der Waals surface area contributed by atoms with E-state index in [-0.39, 0.29) is 25.8 Å². The normalized spacial score (nSPS) is 9.67. The number of hydrogen-bond acceptors (Lipinski definition) is 2. The first-order valence-electron chi connectivity index (χ1n) is 0.698. The van der Waals surface area contributed by atoms with Crippen LogP contribution in [0, 0.1) is 0 Å². The monoisotopic (exact) mass is 163 g/mol. The van der Waals surface area contributed by atoms with Crippen LogP contribution in [0.4, 0.5) is 0 Å².